The average molecular weight is 294 g/mol. The number of halogens is 3. The van der Waals surface area contributed by atoms with Gasteiger partial charge >= 0.3 is 0 Å². The first-order valence-electron chi connectivity index (χ1n) is 4.60. The van der Waals surface area contributed by atoms with Crippen LogP contribution in [-0.4, -0.2) is 24.2 Å². The van der Waals surface area contributed by atoms with E-state index >= 15 is 0 Å². The summed E-state index contributed by atoms with van der Waals surface area (Å²) in [6, 6.07) is 2.04. The van der Waals surface area contributed by atoms with E-state index in [0.717, 1.165) is 12.1 Å². The van der Waals surface area contributed by atoms with Crippen molar-refractivity contribution >= 4 is 21.8 Å². The molecular weight excluding hydrogens is 284 g/mol. The molecule has 0 fully saturated rings. The number of aliphatic hydroxyl groups excluding tert-OH is 1. The lowest BCUT2D eigenvalue weighted by Crippen LogP contribution is -2.27. The van der Waals surface area contributed by atoms with Crippen LogP contribution in [0.4, 0.5) is 8.78 Å². The third-order valence-electron chi connectivity index (χ3n) is 1.85. The molecule has 0 spiro atoms. The second-order valence-electron chi connectivity index (χ2n) is 3.08. The fourth-order valence-corrected chi connectivity index (χ4v) is 1.53. The highest BCUT2D eigenvalue weighted by atomic mass is 79.9. The van der Waals surface area contributed by atoms with Crippen molar-refractivity contribution in [2.45, 2.75) is 6.42 Å². The van der Waals surface area contributed by atoms with Gasteiger partial charge in [-0.05, 0) is 18.6 Å². The summed E-state index contributed by atoms with van der Waals surface area (Å²) in [5.41, 5.74) is -0.610. The van der Waals surface area contributed by atoms with Crippen LogP contribution in [0.15, 0.2) is 16.6 Å². The molecule has 0 aliphatic carbocycles. The minimum Gasteiger partial charge on any atom is -0.396 e. The van der Waals surface area contributed by atoms with Gasteiger partial charge in [0.25, 0.3) is 5.91 Å². The van der Waals surface area contributed by atoms with E-state index in [2.05, 4.69) is 21.2 Å². The van der Waals surface area contributed by atoms with E-state index < -0.39 is 23.1 Å². The Balaban J connectivity index is 2.83. The minimum absolute atomic E-state index is 0.0917. The Morgan fingerprint density at radius 3 is 2.44 bits per heavy atom. The quantitative estimate of drug-likeness (QED) is 0.833. The van der Waals surface area contributed by atoms with Gasteiger partial charge in [-0.1, -0.05) is 15.9 Å². The Hall–Kier alpha value is -1.01. The van der Waals surface area contributed by atoms with Crippen LogP contribution in [0.3, 0.4) is 0 Å². The van der Waals surface area contributed by atoms with Crippen molar-refractivity contribution in [2.75, 3.05) is 13.2 Å². The maximum absolute atomic E-state index is 13.3. The Morgan fingerprint density at radius 1 is 1.38 bits per heavy atom. The van der Waals surface area contributed by atoms with Crippen molar-refractivity contribution in [1.82, 2.24) is 5.32 Å². The Labute approximate surface area is 99.6 Å². The lowest BCUT2D eigenvalue weighted by atomic mass is 10.2. The van der Waals surface area contributed by atoms with Gasteiger partial charge in [-0.15, -0.1) is 0 Å². The summed E-state index contributed by atoms with van der Waals surface area (Å²) >= 11 is 2.92. The molecule has 1 amide bonds. The van der Waals surface area contributed by atoms with E-state index in [1.807, 2.05) is 0 Å². The van der Waals surface area contributed by atoms with E-state index in [1.165, 1.54) is 0 Å². The van der Waals surface area contributed by atoms with Crippen molar-refractivity contribution < 1.29 is 18.7 Å². The molecule has 0 bridgehead atoms. The molecule has 1 aromatic rings. The van der Waals surface area contributed by atoms with Gasteiger partial charge in [0, 0.05) is 17.6 Å². The molecular formula is C10H10BrF2NO2. The topological polar surface area (TPSA) is 49.3 Å². The second-order valence-corrected chi connectivity index (χ2v) is 3.99. The summed E-state index contributed by atoms with van der Waals surface area (Å²) in [6.07, 6.45) is 0.339. The number of aliphatic hydroxyl groups is 1. The van der Waals surface area contributed by atoms with Crippen LogP contribution in [0.25, 0.3) is 0 Å². The smallest absolute Gasteiger partial charge is 0.257 e. The SMILES string of the molecule is O=C(NCCCO)c1c(F)cc(Br)cc1F. The summed E-state index contributed by atoms with van der Waals surface area (Å²) in [5.74, 6) is -2.67. The van der Waals surface area contributed by atoms with Crippen LogP contribution in [0.2, 0.25) is 0 Å². The number of amides is 1. The maximum Gasteiger partial charge on any atom is 0.257 e. The molecule has 0 atom stereocenters. The highest BCUT2D eigenvalue weighted by molar-refractivity contribution is 9.10. The monoisotopic (exact) mass is 293 g/mol. The number of hydrogen-bond donors (Lipinski definition) is 2. The first-order valence-corrected chi connectivity index (χ1v) is 5.39. The van der Waals surface area contributed by atoms with Gasteiger partial charge in [0.05, 0.1) is 0 Å². The summed E-state index contributed by atoms with van der Waals surface area (Å²) in [5, 5.41) is 10.8. The van der Waals surface area contributed by atoms with Crippen LogP contribution in [-0.2, 0) is 0 Å². The number of hydrogen-bond acceptors (Lipinski definition) is 2. The van der Waals surface area contributed by atoms with Crippen LogP contribution in [0.1, 0.15) is 16.8 Å². The van der Waals surface area contributed by atoms with Crippen LogP contribution >= 0.6 is 15.9 Å². The lowest BCUT2D eigenvalue weighted by molar-refractivity contribution is 0.0942. The molecule has 0 aliphatic heterocycles. The van der Waals surface area contributed by atoms with Gasteiger partial charge < -0.3 is 10.4 Å². The summed E-state index contributed by atoms with van der Waals surface area (Å²) < 4.78 is 26.8. The average Bonchev–Trinajstić information content (AvgIpc) is 2.16. The van der Waals surface area contributed by atoms with Crippen molar-refractivity contribution in [3.05, 3.63) is 33.8 Å². The van der Waals surface area contributed by atoms with Gasteiger partial charge in [0.2, 0.25) is 0 Å². The van der Waals surface area contributed by atoms with Crippen molar-refractivity contribution in [3.8, 4) is 0 Å². The number of rotatable bonds is 4. The molecule has 0 aromatic heterocycles. The van der Waals surface area contributed by atoms with Gasteiger partial charge in [0.1, 0.15) is 17.2 Å². The molecule has 2 N–H and O–H groups in total. The summed E-state index contributed by atoms with van der Waals surface area (Å²) in [4.78, 5) is 11.4. The van der Waals surface area contributed by atoms with Crippen molar-refractivity contribution in [2.24, 2.45) is 0 Å². The molecule has 6 heteroatoms. The Kier molecular flexibility index (Phi) is 4.82. The number of carbonyl (C=O) groups excluding carboxylic acids is 1. The van der Waals surface area contributed by atoms with Crippen LogP contribution in [0.5, 0.6) is 0 Å². The summed E-state index contributed by atoms with van der Waals surface area (Å²) in [6.45, 7) is 0.0792. The molecule has 16 heavy (non-hydrogen) atoms. The molecule has 3 nitrogen and oxygen atoms in total. The third kappa shape index (κ3) is 3.24. The Bertz CT molecular complexity index is 375. The summed E-state index contributed by atoms with van der Waals surface area (Å²) in [7, 11) is 0. The van der Waals surface area contributed by atoms with E-state index in [4.69, 9.17) is 5.11 Å². The molecule has 0 heterocycles. The number of benzene rings is 1. The first-order chi connectivity index (χ1) is 7.56. The third-order valence-corrected chi connectivity index (χ3v) is 2.31. The molecule has 0 unspecified atom stereocenters. The zero-order valence-corrected chi connectivity index (χ0v) is 9.85. The van der Waals surface area contributed by atoms with E-state index in [-0.39, 0.29) is 17.6 Å². The maximum atomic E-state index is 13.3. The molecule has 0 saturated heterocycles. The predicted molar refractivity (Wildman–Crippen MR) is 58.1 cm³/mol. The van der Waals surface area contributed by atoms with Gasteiger partial charge in [-0.3, -0.25) is 4.79 Å². The van der Waals surface area contributed by atoms with E-state index in [9.17, 15) is 13.6 Å². The first kappa shape index (κ1) is 13.1. The fraction of sp³-hybridized carbons (Fsp3) is 0.300. The standard InChI is InChI=1S/C10H10BrF2NO2/c11-6-4-7(12)9(8(13)5-6)10(16)14-2-1-3-15/h4-5,15H,1-3H2,(H,14,16). The largest absolute Gasteiger partial charge is 0.396 e. The lowest BCUT2D eigenvalue weighted by Gasteiger charge is -2.06. The molecule has 1 aromatic carbocycles. The van der Waals surface area contributed by atoms with Crippen molar-refractivity contribution in [3.63, 3.8) is 0 Å². The number of nitrogens with one attached hydrogen (secondary N) is 1. The zero-order valence-electron chi connectivity index (χ0n) is 8.27. The number of carbonyl (C=O) groups is 1. The molecule has 0 radical (unpaired) electrons. The van der Waals surface area contributed by atoms with Crippen LogP contribution < -0.4 is 5.32 Å². The molecule has 1 rings (SSSR count). The minimum atomic E-state index is -0.923. The highest BCUT2D eigenvalue weighted by Crippen LogP contribution is 2.19. The predicted octanol–water partition coefficient (Wildman–Crippen LogP) is 1.84. The Morgan fingerprint density at radius 2 is 1.94 bits per heavy atom. The normalized spacial score (nSPS) is 10.2. The van der Waals surface area contributed by atoms with Gasteiger partial charge in [-0.2, -0.15) is 0 Å². The van der Waals surface area contributed by atoms with Crippen molar-refractivity contribution in [1.29, 1.82) is 0 Å². The van der Waals surface area contributed by atoms with E-state index in [1.54, 1.807) is 0 Å². The zero-order chi connectivity index (χ0) is 12.1. The van der Waals surface area contributed by atoms with Crippen LogP contribution in [0, 0.1) is 11.6 Å². The fourth-order valence-electron chi connectivity index (χ4n) is 1.13. The van der Waals surface area contributed by atoms with Gasteiger partial charge in [-0.25, -0.2) is 8.78 Å². The second kappa shape index (κ2) is 5.91. The molecule has 0 saturated carbocycles. The molecule has 88 valence electrons. The van der Waals surface area contributed by atoms with E-state index in [0.29, 0.717) is 6.42 Å². The molecule has 0 aliphatic rings. The van der Waals surface area contributed by atoms with Gasteiger partial charge in [0.15, 0.2) is 0 Å². The highest BCUT2D eigenvalue weighted by Gasteiger charge is 2.17.